The Bertz CT molecular complexity index is 1220. The van der Waals surface area contributed by atoms with Crippen LogP contribution < -0.4 is 10.1 Å². The third-order valence-electron chi connectivity index (χ3n) is 6.16. The summed E-state index contributed by atoms with van der Waals surface area (Å²) in [4.78, 5) is 17.9. The average molecular weight is 480 g/mol. The van der Waals surface area contributed by atoms with Crippen molar-refractivity contribution in [3.63, 3.8) is 0 Å². The van der Waals surface area contributed by atoms with Crippen LogP contribution in [0.5, 0.6) is 5.75 Å². The number of aryl methyl sites for hydroxylation is 1. The Morgan fingerprint density at radius 1 is 1.24 bits per heavy atom. The number of nitro groups is 1. The predicted octanol–water partition coefficient (Wildman–Crippen LogP) is 5.03. The lowest BCUT2D eigenvalue weighted by Gasteiger charge is -2.29. The fourth-order valence-corrected chi connectivity index (χ4v) is 5.07. The number of hydrogen-bond acceptors (Lipinski definition) is 5. The number of thiocarbonyl (C=S) groups is 1. The molecule has 0 spiro atoms. The number of nitrogens with zero attached hydrogens (tertiary/aromatic N) is 4. The molecule has 178 valence electrons. The summed E-state index contributed by atoms with van der Waals surface area (Å²) in [5.74, 6) is 0.976. The van der Waals surface area contributed by atoms with Crippen molar-refractivity contribution >= 4 is 23.0 Å². The Hall–Kier alpha value is -3.46. The van der Waals surface area contributed by atoms with Crippen LogP contribution in [0.1, 0.15) is 48.6 Å². The van der Waals surface area contributed by atoms with E-state index in [0.717, 1.165) is 29.2 Å². The number of hydrogen-bond donors (Lipinski definition) is 1. The second-order valence-electron chi connectivity index (χ2n) is 8.95. The standard InChI is InChI=1S/C25H29N5O3S/c1-15(2)14-28-24(23(27-25(28)34)20-8-6-7-11-26-20)19-12-16(3)29(17(19)4)21-13-18(30(31)32)9-10-22(21)33-5/h6-13,15,23-24H,14H2,1-5H3,(H,27,34)/t23-,24-/m1/s1. The van der Waals surface area contributed by atoms with Crippen LogP contribution in [0, 0.1) is 29.9 Å². The van der Waals surface area contributed by atoms with Gasteiger partial charge in [-0.1, -0.05) is 19.9 Å². The molecule has 0 aliphatic carbocycles. The van der Waals surface area contributed by atoms with Gasteiger partial charge in [0.05, 0.1) is 35.5 Å². The van der Waals surface area contributed by atoms with Crippen molar-refractivity contribution in [1.82, 2.24) is 19.8 Å². The van der Waals surface area contributed by atoms with Gasteiger partial charge < -0.3 is 19.5 Å². The van der Waals surface area contributed by atoms with Crippen LogP contribution in [0.4, 0.5) is 5.69 Å². The topological polar surface area (TPSA) is 85.5 Å². The fraction of sp³-hybridized carbons (Fsp3) is 0.360. The number of rotatable bonds is 7. The summed E-state index contributed by atoms with van der Waals surface area (Å²) in [6, 6.07) is 12.5. The van der Waals surface area contributed by atoms with Gasteiger partial charge in [0.1, 0.15) is 5.75 Å². The summed E-state index contributed by atoms with van der Waals surface area (Å²) in [5.41, 5.74) is 4.59. The van der Waals surface area contributed by atoms with E-state index in [2.05, 4.69) is 35.1 Å². The number of benzene rings is 1. The van der Waals surface area contributed by atoms with E-state index in [1.54, 1.807) is 25.4 Å². The smallest absolute Gasteiger partial charge is 0.271 e. The lowest BCUT2D eigenvalue weighted by atomic mass is 9.96. The molecule has 1 saturated heterocycles. The number of non-ortho nitro benzene ring substituents is 1. The maximum Gasteiger partial charge on any atom is 0.271 e. The Kier molecular flexibility index (Phi) is 6.56. The zero-order valence-electron chi connectivity index (χ0n) is 20.0. The molecule has 0 radical (unpaired) electrons. The SMILES string of the molecule is COc1ccc([N+](=O)[O-])cc1-n1c(C)cc([C@@H]2[C@@H](c3ccccn3)NC(=S)N2CC(C)C)c1C. The molecule has 3 aromatic rings. The second kappa shape index (κ2) is 9.42. The first kappa shape index (κ1) is 23.7. The van der Waals surface area contributed by atoms with Gasteiger partial charge in [-0.2, -0.15) is 0 Å². The lowest BCUT2D eigenvalue weighted by molar-refractivity contribution is -0.384. The highest BCUT2D eigenvalue weighted by atomic mass is 32.1. The first-order valence-corrected chi connectivity index (χ1v) is 11.6. The molecule has 34 heavy (non-hydrogen) atoms. The molecule has 0 amide bonds. The zero-order valence-corrected chi connectivity index (χ0v) is 20.8. The van der Waals surface area contributed by atoms with Crippen LogP contribution in [0.25, 0.3) is 5.69 Å². The van der Waals surface area contributed by atoms with E-state index < -0.39 is 4.92 Å². The normalized spacial score (nSPS) is 17.8. The summed E-state index contributed by atoms with van der Waals surface area (Å²) in [6.07, 6.45) is 1.79. The molecule has 1 aromatic carbocycles. The summed E-state index contributed by atoms with van der Waals surface area (Å²) < 4.78 is 7.58. The highest BCUT2D eigenvalue weighted by Crippen LogP contribution is 2.42. The van der Waals surface area contributed by atoms with Gasteiger partial charge in [0.2, 0.25) is 0 Å². The second-order valence-corrected chi connectivity index (χ2v) is 9.33. The van der Waals surface area contributed by atoms with Gasteiger partial charge >= 0.3 is 0 Å². The van der Waals surface area contributed by atoms with E-state index in [1.807, 2.05) is 36.6 Å². The van der Waals surface area contributed by atoms with Crippen molar-refractivity contribution in [1.29, 1.82) is 0 Å². The summed E-state index contributed by atoms with van der Waals surface area (Å²) in [5, 5.41) is 15.7. The molecular formula is C25H29N5O3S. The van der Waals surface area contributed by atoms with Crippen LogP contribution >= 0.6 is 12.2 Å². The van der Waals surface area contributed by atoms with Gasteiger partial charge in [0, 0.05) is 36.3 Å². The van der Waals surface area contributed by atoms with Crippen molar-refractivity contribution in [2.75, 3.05) is 13.7 Å². The third-order valence-corrected chi connectivity index (χ3v) is 6.52. The number of aromatic nitrogens is 2. The molecule has 2 atom stereocenters. The average Bonchev–Trinajstić information content (AvgIpc) is 3.28. The number of nitrogens with one attached hydrogen (secondary N) is 1. The van der Waals surface area contributed by atoms with Crippen LogP contribution in [-0.2, 0) is 0 Å². The summed E-state index contributed by atoms with van der Waals surface area (Å²) >= 11 is 5.76. The van der Waals surface area contributed by atoms with Crippen molar-refractivity contribution < 1.29 is 9.66 Å². The maximum atomic E-state index is 11.5. The Morgan fingerprint density at radius 2 is 2.00 bits per heavy atom. The first-order chi connectivity index (χ1) is 16.2. The maximum absolute atomic E-state index is 11.5. The highest BCUT2D eigenvalue weighted by molar-refractivity contribution is 7.80. The highest BCUT2D eigenvalue weighted by Gasteiger charge is 2.41. The molecule has 4 rings (SSSR count). The Morgan fingerprint density at radius 3 is 2.62 bits per heavy atom. The van der Waals surface area contributed by atoms with Gasteiger partial charge in [-0.3, -0.25) is 15.1 Å². The molecule has 0 saturated carbocycles. The van der Waals surface area contributed by atoms with Gasteiger partial charge in [-0.05, 0) is 61.8 Å². The molecule has 3 heterocycles. The van der Waals surface area contributed by atoms with Crippen molar-refractivity contribution in [3.8, 4) is 11.4 Å². The van der Waals surface area contributed by atoms with E-state index in [4.69, 9.17) is 17.0 Å². The predicted molar refractivity (Wildman–Crippen MR) is 135 cm³/mol. The molecule has 1 aliphatic rings. The molecule has 1 N–H and O–H groups in total. The number of nitro benzene ring substituents is 1. The lowest BCUT2D eigenvalue weighted by Crippen LogP contribution is -2.33. The summed E-state index contributed by atoms with van der Waals surface area (Å²) in [7, 11) is 1.57. The zero-order chi connectivity index (χ0) is 24.6. The van der Waals surface area contributed by atoms with E-state index in [1.165, 1.54) is 6.07 Å². The molecular weight excluding hydrogens is 450 g/mol. The first-order valence-electron chi connectivity index (χ1n) is 11.2. The van der Waals surface area contributed by atoms with Crippen LogP contribution in [0.15, 0.2) is 48.7 Å². The minimum Gasteiger partial charge on any atom is -0.495 e. The fourth-order valence-electron chi connectivity index (χ4n) is 4.76. The van der Waals surface area contributed by atoms with Gasteiger partial charge in [-0.15, -0.1) is 0 Å². The minimum atomic E-state index is -0.390. The van der Waals surface area contributed by atoms with Crippen LogP contribution in [0.2, 0.25) is 0 Å². The molecule has 9 heteroatoms. The van der Waals surface area contributed by atoms with Gasteiger partial charge in [0.25, 0.3) is 5.69 Å². The van der Waals surface area contributed by atoms with E-state index in [-0.39, 0.29) is 17.8 Å². The molecule has 1 fully saturated rings. The van der Waals surface area contributed by atoms with Crippen LogP contribution in [-0.4, -0.2) is 38.1 Å². The number of ether oxygens (including phenoxy) is 1. The molecule has 2 aromatic heterocycles. The van der Waals surface area contributed by atoms with Gasteiger partial charge in [0.15, 0.2) is 5.11 Å². The van der Waals surface area contributed by atoms with E-state index >= 15 is 0 Å². The van der Waals surface area contributed by atoms with Crippen molar-refractivity contribution in [2.45, 2.75) is 39.8 Å². The number of pyridine rings is 1. The molecule has 8 nitrogen and oxygen atoms in total. The number of methoxy groups -OCH3 is 1. The minimum absolute atomic E-state index is 0.0151. The monoisotopic (exact) mass is 479 g/mol. The molecule has 0 unspecified atom stereocenters. The largest absolute Gasteiger partial charge is 0.495 e. The van der Waals surface area contributed by atoms with Gasteiger partial charge in [-0.25, -0.2) is 0 Å². The van der Waals surface area contributed by atoms with E-state index in [9.17, 15) is 10.1 Å². The molecule has 1 aliphatic heterocycles. The Labute approximate surface area is 204 Å². The third kappa shape index (κ3) is 4.23. The van der Waals surface area contributed by atoms with Crippen LogP contribution in [0.3, 0.4) is 0 Å². The molecule has 0 bridgehead atoms. The van der Waals surface area contributed by atoms with Crippen molar-refractivity contribution in [2.24, 2.45) is 5.92 Å². The van der Waals surface area contributed by atoms with E-state index in [0.29, 0.717) is 22.5 Å². The van der Waals surface area contributed by atoms with Crippen molar-refractivity contribution in [3.05, 3.63) is 81.4 Å². The Balaban J connectivity index is 1.88. The summed E-state index contributed by atoms with van der Waals surface area (Å²) in [6.45, 7) is 9.17. The quantitative estimate of drug-likeness (QED) is 0.289.